The number of hydrogen-bond acceptors (Lipinski definition) is 3. The summed E-state index contributed by atoms with van der Waals surface area (Å²) >= 11 is 0. The molecule has 4 aliphatic rings. The van der Waals surface area contributed by atoms with E-state index in [-0.39, 0.29) is 0 Å². The van der Waals surface area contributed by atoms with Gasteiger partial charge in [0.25, 0.3) is 0 Å². The molecule has 0 bridgehead atoms. The predicted molar refractivity (Wildman–Crippen MR) is 110 cm³/mol. The summed E-state index contributed by atoms with van der Waals surface area (Å²) in [6, 6.07) is 3.39. The van der Waals surface area contributed by atoms with Gasteiger partial charge >= 0.3 is 0 Å². The number of hydrogen-bond donors (Lipinski definition) is 0. The molecular weight excluding hydrogens is 332 g/mol. The van der Waals surface area contributed by atoms with Crippen LogP contribution in [0.15, 0.2) is 30.0 Å². The molecule has 0 radical (unpaired) electrons. The topological polar surface area (TPSA) is 24.3 Å². The van der Waals surface area contributed by atoms with Gasteiger partial charge in [0.05, 0.1) is 11.7 Å². The molecule has 4 nitrogen and oxygen atoms in total. The average Bonchev–Trinajstić information content (AvgIpc) is 3.56. The molecule has 2 saturated carbocycles. The van der Waals surface area contributed by atoms with Crippen LogP contribution in [0.5, 0.6) is 0 Å². The summed E-state index contributed by atoms with van der Waals surface area (Å²) in [5.74, 6) is 2.72. The Balaban J connectivity index is 1.47. The first-order chi connectivity index (χ1) is 13.0. The lowest BCUT2D eigenvalue weighted by Gasteiger charge is -2.38. The molecule has 146 valence electrons. The Bertz CT molecular complexity index is 765. The lowest BCUT2D eigenvalue weighted by molar-refractivity contribution is 0.234. The molecule has 4 heteroatoms. The Kier molecular flexibility index (Phi) is 4.23. The van der Waals surface area contributed by atoms with Gasteiger partial charge in [0.1, 0.15) is 0 Å². The molecule has 0 N–H and O–H groups in total. The molecule has 2 aliphatic carbocycles. The van der Waals surface area contributed by atoms with E-state index >= 15 is 0 Å². The Morgan fingerprint density at radius 2 is 1.78 bits per heavy atom. The van der Waals surface area contributed by atoms with Crippen molar-refractivity contribution in [3.8, 4) is 0 Å². The van der Waals surface area contributed by atoms with Crippen molar-refractivity contribution < 1.29 is 0 Å². The van der Waals surface area contributed by atoms with Crippen LogP contribution in [-0.2, 0) is 0 Å². The maximum Gasteiger partial charge on any atom is 0.0658 e. The number of nitrogens with zero attached hydrogens (tertiary/aromatic N) is 4. The zero-order valence-electron chi connectivity index (χ0n) is 17.3. The van der Waals surface area contributed by atoms with Gasteiger partial charge in [0.2, 0.25) is 0 Å². The fourth-order valence-electron chi connectivity index (χ4n) is 5.31. The maximum atomic E-state index is 5.05. The summed E-state index contributed by atoms with van der Waals surface area (Å²) < 4.78 is 2.34. The van der Waals surface area contributed by atoms with Crippen molar-refractivity contribution in [2.45, 2.75) is 63.5 Å². The minimum atomic E-state index is 0.431. The molecular formula is C23H34N4. The van der Waals surface area contributed by atoms with E-state index < -0.39 is 0 Å². The Hall–Kier alpha value is -1.55. The first kappa shape index (κ1) is 17.5. The lowest BCUT2D eigenvalue weighted by Crippen LogP contribution is -2.41. The summed E-state index contributed by atoms with van der Waals surface area (Å²) in [5.41, 5.74) is 4.38. The molecule has 2 aliphatic heterocycles. The van der Waals surface area contributed by atoms with Crippen LogP contribution in [0.2, 0.25) is 0 Å². The Morgan fingerprint density at radius 1 is 1.04 bits per heavy atom. The highest BCUT2D eigenvalue weighted by Gasteiger charge is 2.43. The van der Waals surface area contributed by atoms with Gasteiger partial charge in [-0.25, -0.2) is 0 Å². The van der Waals surface area contributed by atoms with Crippen molar-refractivity contribution in [1.82, 2.24) is 19.6 Å². The number of rotatable bonds is 5. The molecule has 3 atom stereocenters. The van der Waals surface area contributed by atoms with Gasteiger partial charge in [-0.3, -0.25) is 4.68 Å². The Morgan fingerprint density at radius 3 is 2.44 bits per heavy atom. The molecule has 0 spiro atoms. The molecule has 0 amide bonds. The molecule has 27 heavy (non-hydrogen) atoms. The predicted octanol–water partition coefficient (Wildman–Crippen LogP) is 4.15. The van der Waals surface area contributed by atoms with Crippen molar-refractivity contribution in [3.05, 3.63) is 41.4 Å². The van der Waals surface area contributed by atoms with Crippen LogP contribution in [0.4, 0.5) is 0 Å². The third-order valence-corrected chi connectivity index (χ3v) is 7.06. The number of allylic oxidation sites excluding steroid dienone is 3. The zero-order valence-corrected chi connectivity index (χ0v) is 17.3. The van der Waals surface area contributed by atoms with Gasteiger partial charge in [-0.2, -0.15) is 5.10 Å². The number of likely N-dealkylation sites (tertiary alicyclic amines) is 1. The standard InChI is InChI=1S/C23H34N4/c1-15(2)27-23(12-20(24-27)16-8-9-16)19-14-25(3)13-18(19)22-7-5-6-21(26(22)4)17-10-11-17/h5-7,12,15-19,22H,8-11,13-14H2,1-4H3. The summed E-state index contributed by atoms with van der Waals surface area (Å²) in [5, 5.41) is 5.05. The molecule has 1 saturated heterocycles. The van der Waals surface area contributed by atoms with Gasteiger partial charge in [-0.15, -0.1) is 0 Å². The van der Waals surface area contributed by atoms with E-state index in [1.165, 1.54) is 43.6 Å². The summed E-state index contributed by atoms with van der Waals surface area (Å²) in [6.07, 6.45) is 12.5. The van der Waals surface area contributed by atoms with E-state index in [1.54, 1.807) is 5.70 Å². The second kappa shape index (κ2) is 6.51. The lowest BCUT2D eigenvalue weighted by atomic mass is 9.84. The van der Waals surface area contributed by atoms with E-state index in [0.29, 0.717) is 23.9 Å². The van der Waals surface area contributed by atoms with E-state index in [1.807, 2.05) is 0 Å². The quantitative estimate of drug-likeness (QED) is 0.782. The molecule has 3 fully saturated rings. The van der Waals surface area contributed by atoms with Crippen LogP contribution < -0.4 is 0 Å². The SMILES string of the molecule is CC(C)n1nc(C2CC2)cc1C1CN(C)CC1C1C=CC=C(C2CC2)N1C. The summed E-state index contributed by atoms with van der Waals surface area (Å²) in [4.78, 5) is 5.12. The fraction of sp³-hybridized carbons (Fsp3) is 0.696. The molecule has 0 aromatic carbocycles. The van der Waals surface area contributed by atoms with Crippen LogP contribution in [0.1, 0.15) is 68.8 Å². The van der Waals surface area contributed by atoms with Crippen LogP contribution >= 0.6 is 0 Å². The van der Waals surface area contributed by atoms with E-state index in [4.69, 9.17) is 5.10 Å². The first-order valence-corrected chi connectivity index (χ1v) is 10.9. The summed E-state index contributed by atoms with van der Waals surface area (Å²) in [7, 11) is 4.61. The second-order valence-corrected chi connectivity index (χ2v) is 9.65. The largest absolute Gasteiger partial charge is 0.371 e. The van der Waals surface area contributed by atoms with Crippen molar-refractivity contribution in [2.24, 2.45) is 11.8 Å². The smallest absolute Gasteiger partial charge is 0.0658 e. The monoisotopic (exact) mass is 366 g/mol. The molecule has 3 unspecified atom stereocenters. The highest BCUT2D eigenvalue weighted by atomic mass is 15.3. The van der Waals surface area contributed by atoms with Crippen LogP contribution in [0.25, 0.3) is 0 Å². The third-order valence-electron chi connectivity index (χ3n) is 7.06. The normalized spacial score (nSPS) is 31.8. The molecule has 1 aromatic rings. The van der Waals surface area contributed by atoms with Crippen molar-refractivity contribution in [1.29, 1.82) is 0 Å². The van der Waals surface area contributed by atoms with Gasteiger partial charge in [-0.05, 0) is 64.6 Å². The molecule has 5 rings (SSSR count). The summed E-state index contributed by atoms with van der Waals surface area (Å²) in [6.45, 7) is 6.88. The van der Waals surface area contributed by atoms with E-state index in [2.05, 4.69) is 66.7 Å². The highest BCUT2D eigenvalue weighted by molar-refractivity contribution is 5.29. The van der Waals surface area contributed by atoms with E-state index in [0.717, 1.165) is 18.4 Å². The highest BCUT2D eigenvalue weighted by Crippen LogP contribution is 2.45. The van der Waals surface area contributed by atoms with Gasteiger partial charge < -0.3 is 9.80 Å². The van der Waals surface area contributed by atoms with Crippen molar-refractivity contribution in [2.75, 3.05) is 27.2 Å². The first-order valence-electron chi connectivity index (χ1n) is 10.9. The Labute approximate surface area is 163 Å². The van der Waals surface area contributed by atoms with Crippen LogP contribution in [0.3, 0.4) is 0 Å². The minimum absolute atomic E-state index is 0.431. The van der Waals surface area contributed by atoms with Crippen LogP contribution in [-0.4, -0.2) is 52.8 Å². The van der Waals surface area contributed by atoms with Crippen LogP contribution in [0, 0.1) is 11.8 Å². The number of likely N-dealkylation sites (N-methyl/N-ethyl adjacent to an activating group) is 2. The van der Waals surface area contributed by atoms with Gasteiger partial charge in [0.15, 0.2) is 0 Å². The zero-order chi connectivity index (χ0) is 18.7. The van der Waals surface area contributed by atoms with Gasteiger partial charge in [-0.1, -0.05) is 12.2 Å². The average molecular weight is 367 g/mol. The number of aromatic nitrogens is 2. The fourth-order valence-corrected chi connectivity index (χ4v) is 5.31. The minimum Gasteiger partial charge on any atom is -0.371 e. The van der Waals surface area contributed by atoms with Crippen molar-refractivity contribution >= 4 is 0 Å². The molecule has 3 heterocycles. The third kappa shape index (κ3) is 3.16. The second-order valence-electron chi connectivity index (χ2n) is 9.65. The molecule has 1 aromatic heterocycles. The van der Waals surface area contributed by atoms with Gasteiger partial charge in [0, 0.05) is 55.3 Å². The van der Waals surface area contributed by atoms with E-state index in [9.17, 15) is 0 Å². The maximum absolute atomic E-state index is 5.05. The van der Waals surface area contributed by atoms with Crippen molar-refractivity contribution in [3.63, 3.8) is 0 Å².